The molecule has 0 radical (unpaired) electrons. The molecule has 1 heterocycles. The van der Waals surface area contributed by atoms with Crippen molar-refractivity contribution in [1.29, 1.82) is 0 Å². The number of rotatable bonds is 5. The largest absolute Gasteiger partial charge is 0.456 e. The summed E-state index contributed by atoms with van der Waals surface area (Å²) in [6.45, 7) is 7.61. The van der Waals surface area contributed by atoms with E-state index in [1.165, 1.54) is 0 Å². The third-order valence-corrected chi connectivity index (χ3v) is 6.36. The molecule has 6 heteroatoms. The fraction of sp³-hybridized carbons (Fsp3) is 0.316. The van der Waals surface area contributed by atoms with Gasteiger partial charge in [-0.05, 0) is 51.5 Å². The van der Waals surface area contributed by atoms with E-state index in [0.29, 0.717) is 27.4 Å². The molecule has 0 bridgehead atoms. The van der Waals surface area contributed by atoms with Crippen molar-refractivity contribution < 1.29 is 18.0 Å². The molecule has 0 aliphatic carbocycles. The van der Waals surface area contributed by atoms with Gasteiger partial charge in [0.05, 0.1) is 29.3 Å². The summed E-state index contributed by atoms with van der Waals surface area (Å²) in [6, 6.07) is 8.93. The molecule has 0 spiro atoms. The van der Waals surface area contributed by atoms with Crippen LogP contribution in [0.5, 0.6) is 0 Å². The van der Waals surface area contributed by atoms with Crippen molar-refractivity contribution >= 4 is 34.8 Å². The Morgan fingerprint density at radius 2 is 1.64 bits per heavy atom. The summed E-state index contributed by atoms with van der Waals surface area (Å²) in [5, 5.41) is 1.02. The Balaban J connectivity index is 2.48. The van der Waals surface area contributed by atoms with Crippen LogP contribution in [0.1, 0.15) is 25.0 Å². The zero-order chi connectivity index (χ0) is 18.2. The Morgan fingerprint density at radius 3 is 2.28 bits per heavy atom. The number of benzene rings is 2. The lowest BCUT2D eigenvalue weighted by Gasteiger charge is -2.20. The smallest absolute Gasteiger partial charge is 0.362 e. The van der Waals surface area contributed by atoms with Gasteiger partial charge in [-0.15, -0.1) is 0 Å². The number of aryl methyl sites for hydroxylation is 2. The molecule has 0 saturated carbocycles. The number of hydrogen-bond acceptors (Lipinski definition) is 5. The predicted molar refractivity (Wildman–Crippen MR) is 100.0 cm³/mol. The second kappa shape index (κ2) is 6.75. The van der Waals surface area contributed by atoms with Gasteiger partial charge in [0.25, 0.3) is 0 Å². The maximum atomic E-state index is 13.4. The van der Waals surface area contributed by atoms with Crippen LogP contribution < -0.4 is 10.7 Å². The summed E-state index contributed by atoms with van der Waals surface area (Å²) in [7, 11) is -3.63. The zero-order valence-electron chi connectivity index (χ0n) is 14.8. The average molecular weight is 360 g/mol. The molecule has 5 nitrogen and oxygen atoms in total. The first-order chi connectivity index (χ1) is 11.9. The van der Waals surface area contributed by atoms with Gasteiger partial charge in [-0.1, -0.05) is 17.7 Å². The SMILES string of the molecule is CCOP(=O)(OCC)c1c(C)ccc2oc3ccc(C)cc3c(=O)c12. The Hall–Kier alpha value is -1.94. The van der Waals surface area contributed by atoms with Gasteiger partial charge in [-0.25, -0.2) is 0 Å². The molecular formula is C19H21O5P. The Bertz CT molecular complexity index is 1040. The Kier molecular flexibility index (Phi) is 4.83. The lowest BCUT2D eigenvalue weighted by atomic mass is 10.1. The van der Waals surface area contributed by atoms with Gasteiger partial charge in [0, 0.05) is 0 Å². The van der Waals surface area contributed by atoms with E-state index in [0.717, 1.165) is 5.56 Å². The highest BCUT2D eigenvalue weighted by atomic mass is 31.2. The van der Waals surface area contributed by atoms with Crippen LogP contribution in [0.2, 0.25) is 0 Å². The van der Waals surface area contributed by atoms with E-state index >= 15 is 0 Å². The summed E-state index contributed by atoms with van der Waals surface area (Å²) < 4.78 is 30.3. The summed E-state index contributed by atoms with van der Waals surface area (Å²) >= 11 is 0. The van der Waals surface area contributed by atoms with E-state index in [-0.39, 0.29) is 24.0 Å². The lowest BCUT2D eigenvalue weighted by Crippen LogP contribution is -2.20. The van der Waals surface area contributed by atoms with Crippen molar-refractivity contribution in [2.75, 3.05) is 13.2 Å². The minimum absolute atomic E-state index is 0.213. The van der Waals surface area contributed by atoms with E-state index in [9.17, 15) is 9.36 Å². The first-order valence-electron chi connectivity index (χ1n) is 8.27. The highest BCUT2D eigenvalue weighted by Gasteiger charge is 2.32. The van der Waals surface area contributed by atoms with Crippen LogP contribution >= 0.6 is 7.60 Å². The summed E-state index contributed by atoms with van der Waals surface area (Å²) in [5.74, 6) is 0. The molecule has 0 saturated heterocycles. The molecule has 0 aliphatic heterocycles. The second-order valence-electron chi connectivity index (χ2n) is 5.87. The van der Waals surface area contributed by atoms with Gasteiger partial charge in [-0.2, -0.15) is 0 Å². The topological polar surface area (TPSA) is 65.7 Å². The van der Waals surface area contributed by atoms with Gasteiger partial charge in [0.1, 0.15) is 11.2 Å². The molecule has 2 aromatic carbocycles. The highest BCUT2D eigenvalue weighted by Crippen LogP contribution is 2.49. The minimum atomic E-state index is -3.63. The van der Waals surface area contributed by atoms with Gasteiger partial charge < -0.3 is 13.5 Å². The van der Waals surface area contributed by atoms with E-state index in [2.05, 4.69) is 0 Å². The lowest BCUT2D eigenvalue weighted by molar-refractivity contribution is 0.230. The third kappa shape index (κ3) is 3.04. The summed E-state index contributed by atoms with van der Waals surface area (Å²) in [6.07, 6.45) is 0. The molecule has 132 valence electrons. The van der Waals surface area contributed by atoms with E-state index < -0.39 is 7.60 Å². The molecule has 0 amide bonds. The normalized spacial score (nSPS) is 12.2. The van der Waals surface area contributed by atoms with Gasteiger partial charge in [0.2, 0.25) is 5.43 Å². The van der Waals surface area contributed by atoms with Crippen molar-refractivity contribution in [2.45, 2.75) is 27.7 Å². The monoisotopic (exact) mass is 360 g/mol. The standard InChI is InChI=1S/C19H21O5P/c1-5-22-25(21,23-6-2)19-13(4)8-10-16-17(19)18(20)14-11-12(3)7-9-15(14)24-16/h7-11H,5-6H2,1-4H3. The molecule has 0 fully saturated rings. The Morgan fingerprint density at radius 1 is 1.00 bits per heavy atom. The van der Waals surface area contributed by atoms with Gasteiger partial charge in [0.15, 0.2) is 0 Å². The maximum Gasteiger partial charge on any atom is 0.362 e. The van der Waals surface area contributed by atoms with Crippen LogP contribution in [-0.2, 0) is 13.6 Å². The van der Waals surface area contributed by atoms with Crippen molar-refractivity contribution in [3.05, 3.63) is 51.7 Å². The molecule has 0 aliphatic rings. The fourth-order valence-electron chi connectivity index (χ4n) is 3.00. The molecule has 25 heavy (non-hydrogen) atoms. The van der Waals surface area contributed by atoms with E-state index in [1.54, 1.807) is 45.0 Å². The Labute approximate surface area is 146 Å². The molecule has 1 aromatic heterocycles. The van der Waals surface area contributed by atoms with Crippen LogP contribution in [0, 0.1) is 13.8 Å². The number of fused-ring (bicyclic) bond motifs is 2. The number of hydrogen-bond donors (Lipinski definition) is 0. The third-order valence-electron chi connectivity index (χ3n) is 4.04. The molecule has 0 N–H and O–H groups in total. The van der Waals surface area contributed by atoms with Crippen molar-refractivity contribution in [3.8, 4) is 0 Å². The van der Waals surface area contributed by atoms with Crippen LogP contribution in [-0.4, -0.2) is 13.2 Å². The summed E-state index contributed by atoms with van der Waals surface area (Å²) in [4.78, 5) is 13.2. The van der Waals surface area contributed by atoms with Crippen molar-refractivity contribution in [2.24, 2.45) is 0 Å². The van der Waals surface area contributed by atoms with Crippen LogP contribution in [0.3, 0.4) is 0 Å². The maximum absolute atomic E-state index is 13.4. The molecule has 0 unspecified atom stereocenters. The van der Waals surface area contributed by atoms with Crippen LogP contribution in [0.15, 0.2) is 39.5 Å². The minimum Gasteiger partial charge on any atom is -0.456 e. The highest BCUT2D eigenvalue weighted by molar-refractivity contribution is 7.62. The van der Waals surface area contributed by atoms with E-state index in [1.807, 2.05) is 13.0 Å². The fourth-order valence-corrected chi connectivity index (χ4v) is 5.01. The first kappa shape index (κ1) is 17.9. The van der Waals surface area contributed by atoms with Gasteiger partial charge >= 0.3 is 7.60 Å². The summed E-state index contributed by atoms with van der Waals surface area (Å²) in [5.41, 5.74) is 2.28. The predicted octanol–water partition coefficient (Wildman–Crippen LogP) is 4.45. The zero-order valence-corrected chi connectivity index (χ0v) is 15.7. The molecule has 3 rings (SSSR count). The quantitative estimate of drug-likeness (QED) is 0.497. The van der Waals surface area contributed by atoms with Crippen molar-refractivity contribution in [1.82, 2.24) is 0 Å². The van der Waals surface area contributed by atoms with Crippen molar-refractivity contribution in [3.63, 3.8) is 0 Å². The molecular weight excluding hydrogens is 339 g/mol. The molecule has 0 atom stereocenters. The first-order valence-corrected chi connectivity index (χ1v) is 9.82. The second-order valence-corrected chi connectivity index (χ2v) is 7.83. The molecule has 3 aromatic rings. The van der Waals surface area contributed by atoms with Gasteiger partial charge in [-0.3, -0.25) is 9.36 Å². The van der Waals surface area contributed by atoms with Crippen LogP contribution in [0.4, 0.5) is 0 Å². The van der Waals surface area contributed by atoms with E-state index in [4.69, 9.17) is 13.5 Å². The average Bonchev–Trinajstić information content (AvgIpc) is 2.56. The van der Waals surface area contributed by atoms with Crippen LogP contribution in [0.25, 0.3) is 21.9 Å².